The number of ether oxygens (including phenoxy) is 2. The summed E-state index contributed by atoms with van der Waals surface area (Å²) in [5.41, 5.74) is 1.85. The van der Waals surface area contributed by atoms with Gasteiger partial charge in [0.25, 0.3) is 0 Å². The standard InChI is InChI=1S/C22H28N2O4S/c1-5-6-12-27-17-9-7-16(8-10-17)20-19(21(26)28-14(2)3)15(4)23-22-24(20)18(25)11-13-29-22/h7-10,14,20H,5-6,11-13H2,1-4H3/t20-/m0/s1. The highest BCUT2D eigenvalue weighted by Gasteiger charge is 2.41. The Morgan fingerprint density at radius 1 is 1.31 bits per heavy atom. The number of allylic oxidation sites excluding steroid dienone is 1. The van der Waals surface area contributed by atoms with Crippen molar-refractivity contribution in [3.05, 3.63) is 41.1 Å². The zero-order chi connectivity index (χ0) is 21.0. The molecular weight excluding hydrogens is 388 g/mol. The molecule has 1 aromatic rings. The number of nitrogens with zero attached hydrogens (tertiary/aromatic N) is 2. The van der Waals surface area contributed by atoms with Gasteiger partial charge in [-0.05, 0) is 44.9 Å². The fourth-order valence-corrected chi connectivity index (χ4v) is 4.34. The van der Waals surface area contributed by atoms with Gasteiger partial charge in [-0.2, -0.15) is 0 Å². The fraction of sp³-hybridized carbons (Fsp3) is 0.500. The lowest BCUT2D eigenvalue weighted by molar-refractivity contribution is -0.143. The van der Waals surface area contributed by atoms with Crippen LogP contribution in [0.25, 0.3) is 0 Å². The number of fused-ring (bicyclic) bond motifs is 1. The first kappa shape index (κ1) is 21.4. The van der Waals surface area contributed by atoms with Crippen molar-refractivity contribution in [3.63, 3.8) is 0 Å². The maximum Gasteiger partial charge on any atom is 0.338 e. The van der Waals surface area contributed by atoms with E-state index in [2.05, 4.69) is 11.9 Å². The minimum Gasteiger partial charge on any atom is -0.494 e. The summed E-state index contributed by atoms with van der Waals surface area (Å²) in [5, 5.41) is 0.646. The summed E-state index contributed by atoms with van der Waals surface area (Å²) in [6.45, 7) is 8.21. The normalized spacial score (nSPS) is 19.2. The Balaban J connectivity index is 1.98. The molecule has 0 N–H and O–H groups in total. The Labute approximate surface area is 176 Å². The number of rotatable bonds is 7. The van der Waals surface area contributed by atoms with Gasteiger partial charge < -0.3 is 9.47 Å². The number of amides is 1. The molecule has 0 unspecified atom stereocenters. The van der Waals surface area contributed by atoms with E-state index in [9.17, 15) is 9.59 Å². The minimum absolute atomic E-state index is 0.0295. The quantitative estimate of drug-likeness (QED) is 0.485. The van der Waals surface area contributed by atoms with Crippen LogP contribution in [0.3, 0.4) is 0 Å². The van der Waals surface area contributed by atoms with Gasteiger partial charge in [0.1, 0.15) is 5.75 Å². The molecule has 0 spiro atoms. The molecule has 1 aromatic carbocycles. The number of esters is 1. The molecule has 2 heterocycles. The molecule has 6 nitrogen and oxygen atoms in total. The summed E-state index contributed by atoms with van der Waals surface area (Å²) in [4.78, 5) is 31.9. The Morgan fingerprint density at radius 2 is 2.03 bits per heavy atom. The fourth-order valence-electron chi connectivity index (χ4n) is 3.33. The number of carbonyl (C=O) groups is 2. The highest BCUT2D eigenvalue weighted by atomic mass is 32.2. The van der Waals surface area contributed by atoms with Gasteiger partial charge in [0.15, 0.2) is 5.17 Å². The van der Waals surface area contributed by atoms with Crippen LogP contribution in [-0.4, -0.2) is 40.4 Å². The molecule has 0 saturated carbocycles. The lowest BCUT2D eigenvalue weighted by atomic mass is 9.94. The van der Waals surface area contributed by atoms with Crippen LogP contribution < -0.4 is 4.74 Å². The van der Waals surface area contributed by atoms with Crippen LogP contribution >= 0.6 is 11.8 Å². The number of thioether (sulfide) groups is 1. The number of benzene rings is 1. The third-order valence-corrected chi connectivity index (χ3v) is 5.69. The molecule has 1 fully saturated rings. The molecule has 0 aliphatic carbocycles. The molecule has 29 heavy (non-hydrogen) atoms. The SMILES string of the molecule is CCCCOc1ccc([C@H]2C(C(=O)OC(C)C)=C(C)N=C3SCCC(=O)N32)cc1. The van der Waals surface area contributed by atoms with Crippen LogP contribution in [0.15, 0.2) is 40.5 Å². The van der Waals surface area contributed by atoms with Crippen LogP contribution in [-0.2, 0) is 14.3 Å². The van der Waals surface area contributed by atoms with Crippen LogP contribution in [0.4, 0.5) is 0 Å². The van der Waals surface area contributed by atoms with Gasteiger partial charge in [0, 0.05) is 12.2 Å². The lowest BCUT2D eigenvalue weighted by Gasteiger charge is -2.39. The topological polar surface area (TPSA) is 68.2 Å². The molecule has 0 radical (unpaired) electrons. The Morgan fingerprint density at radius 3 is 2.69 bits per heavy atom. The van der Waals surface area contributed by atoms with E-state index in [0.717, 1.165) is 24.2 Å². The molecule has 1 saturated heterocycles. The maximum absolute atomic E-state index is 12.9. The lowest BCUT2D eigenvalue weighted by Crippen LogP contribution is -2.46. The van der Waals surface area contributed by atoms with Crippen LogP contribution in [0, 0.1) is 0 Å². The summed E-state index contributed by atoms with van der Waals surface area (Å²) in [6, 6.07) is 7.06. The number of hydrogen-bond donors (Lipinski definition) is 0. The molecule has 7 heteroatoms. The van der Waals surface area contributed by atoms with E-state index in [1.54, 1.807) is 23.6 Å². The molecule has 1 amide bonds. The van der Waals surface area contributed by atoms with Crippen molar-refractivity contribution in [2.24, 2.45) is 4.99 Å². The summed E-state index contributed by atoms with van der Waals surface area (Å²) in [7, 11) is 0. The van der Waals surface area contributed by atoms with Gasteiger partial charge in [-0.1, -0.05) is 37.2 Å². The summed E-state index contributed by atoms with van der Waals surface area (Å²) < 4.78 is 11.2. The highest BCUT2D eigenvalue weighted by Crippen LogP contribution is 2.40. The van der Waals surface area contributed by atoms with Crippen LogP contribution in [0.2, 0.25) is 0 Å². The zero-order valence-corrected chi connectivity index (χ0v) is 18.3. The van der Waals surface area contributed by atoms with Gasteiger partial charge in [0.2, 0.25) is 5.91 Å². The van der Waals surface area contributed by atoms with Crippen molar-refractivity contribution >= 4 is 28.8 Å². The summed E-state index contributed by atoms with van der Waals surface area (Å²) >= 11 is 1.54. The molecule has 156 valence electrons. The second kappa shape index (κ2) is 9.48. The van der Waals surface area contributed by atoms with Gasteiger partial charge in [0.05, 0.1) is 30.0 Å². The predicted octanol–water partition coefficient (Wildman–Crippen LogP) is 4.47. The molecule has 0 bridgehead atoms. The average Bonchev–Trinajstić information content (AvgIpc) is 2.67. The number of aliphatic imine (C=N–C) groups is 1. The van der Waals surface area contributed by atoms with E-state index < -0.39 is 12.0 Å². The largest absolute Gasteiger partial charge is 0.494 e. The van der Waals surface area contributed by atoms with E-state index in [4.69, 9.17) is 9.47 Å². The number of hydrogen-bond acceptors (Lipinski definition) is 6. The Bertz CT molecular complexity index is 830. The van der Waals surface area contributed by atoms with Gasteiger partial charge in [-0.25, -0.2) is 9.79 Å². The van der Waals surface area contributed by atoms with Gasteiger partial charge in [-0.15, -0.1) is 0 Å². The molecule has 3 rings (SSSR count). The third kappa shape index (κ3) is 4.83. The summed E-state index contributed by atoms with van der Waals surface area (Å²) in [6.07, 6.45) is 2.23. The smallest absolute Gasteiger partial charge is 0.338 e. The van der Waals surface area contributed by atoms with Gasteiger partial charge >= 0.3 is 5.97 Å². The van der Waals surface area contributed by atoms with E-state index in [1.807, 2.05) is 38.1 Å². The van der Waals surface area contributed by atoms with Crippen molar-refractivity contribution in [1.29, 1.82) is 0 Å². The predicted molar refractivity (Wildman–Crippen MR) is 115 cm³/mol. The first-order chi connectivity index (χ1) is 13.9. The first-order valence-electron chi connectivity index (χ1n) is 10.1. The number of amidine groups is 1. The average molecular weight is 417 g/mol. The maximum atomic E-state index is 12.9. The molecule has 1 atom stereocenters. The minimum atomic E-state index is -0.543. The molecule has 0 aromatic heterocycles. The van der Waals surface area contributed by atoms with Crippen molar-refractivity contribution in [3.8, 4) is 5.75 Å². The van der Waals surface area contributed by atoms with E-state index in [-0.39, 0.29) is 12.0 Å². The second-order valence-corrected chi connectivity index (χ2v) is 8.45. The van der Waals surface area contributed by atoms with E-state index >= 15 is 0 Å². The first-order valence-corrected chi connectivity index (χ1v) is 11.1. The number of unbranched alkanes of at least 4 members (excludes halogenated alkanes) is 1. The molecule has 2 aliphatic heterocycles. The van der Waals surface area contributed by atoms with Crippen molar-refractivity contribution in [2.75, 3.05) is 12.4 Å². The van der Waals surface area contributed by atoms with Crippen molar-refractivity contribution < 1.29 is 19.1 Å². The zero-order valence-electron chi connectivity index (χ0n) is 17.4. The second-order valence-electron chi connectivity index (χ2n) is 7.38. The van der Waals surface area contributed by atoms with E-state index in [1.165, 1.54) is 0 Å². The Kier molecular flexibility index (Phi) is 7.00. The Hall–Kier alpha value is -2.28. The monoisotopic (exact) mass is 416 g/mol. The van der Waals surface area contributed by atoms with E-state index in [0.29, 0.717) is 35.2 Å². The third-order valence-electron chi connectivity index (χ3n) is 4.73. The van der Waals surface area contributed by atoms with Gasteiger partial charge in [-0.3, -0.25) is 9.69 Å². The number of carbonyl (C=O) groups excluding carboxylic acids is 2. The van der Waals surface area contributed by atoms with Crippen LogP contribution in [0.1, 0.15) is 58.6 Å². The highest BCUT2D eigenvalue weighted by molar-refractivity contribution is 8.14. The van der Waals surface area contributed by atoms with Crippen molar-refractivity contribution in [1.82, 2.24) is 4.90 Å². The van der Waals surface area contributed by atoms with Crippen LogP contribution in [0.5, 0.6) is 5.75 Å². The molecular formula is C22H28N2O4S. The summed E-state index contributed by atoms with van der Waals surface area (Å²) in [5.74, 6) is 1.01. The van der Waals surface area contributed by atoms with Crippen molar-refractivity contribution in [2.45, 2.75) is 59.1 Å². The molecule has 2 aliphatic rings.